The minimum absolute atomic E-state index is 0.127. The highest BCUT2D eigenvalue weighted by Gasteiger charge is 2.11. The molecule has 134 valence electrons. The van der Waals surface area contributed by atoms with Crippen LogP contribution in [0.1, 0.15) is 32.3 Å². The van der Waals surface area contributed by atoms with E-state index in [9.17, 15) is 9.59 Å². The second-order valence-corrected chi connectivity index (χ2v) is 7.53. The monoisotopic (exact) mass is 380 g/mol. The topological polar surface area (TPSA) is 93.2 Å². The number of thioether (sulfide) groups is 1. The fraction of sp³-hybridized carbons (Fsp3) is 0.375. The summed E-state index contributed by atoms with van der Waals surface area (Å²) in [5.41, 5.74) is 1.99. The predicted octanol–water partition coefficient (Wildman–Crippen LogP) is 3.96. The summed E-state index contributed by atoms with van der Waals surface area (Å²) in [6.07, 6.45) is -0.571. The second-order valence-electron chi connectivity index (χ2n) is 5.33. The van der Waals surface area contributed by atoms with Gasteiger partial charge in [0.05, 0.1) is 12.4 Å². The molecule has 0 spiro atoms. The number of amides is 2. The molecule has 2 amide bonds. The fourth-order valence-corrected chi connectivity index (χ4v) is 3.39. The summed E-state index contributed by atoms with van der Waals surface area (Å²) in [4.78, 5) is 23.3. The van der Waals surface area contributed by atoms with Crippen LogP contribution < -0.4 is 10.6 Å². The maximum Gasteiger partial charge on any atom is 0.413 e. The number of aromatic nitrogens is 2. The number of benzene rings is 1. The normalized spacial score (nSPS) is 10.6. The van der Waals surface area contributed by atoms with Crippen LogP contribution in [-0.4, -0.2) is 34.6 Å². The minimum atomic E-state index is -0.571. The van der Waals surface area contributed by atoms with E-state index in [0.29, 0.717) is 15.4 Å². The zero-order valence-corrected chi connectivity index (χ0v) is 15.9. The van der Waals surface area contributed by atoms with Crippen LogP contribution in [0.2, 0.25) is 0 Å². The van der Waals surface area contributed by atoms with Crippen molar-refractivity contribution < 1.29 is 14.3 Å². The van der Waals surface area contributed by atoms with Crippen molar-refractivity contribution in [3.05, 3.63) is 29.8 Å². The van der Waals surface area contributed by atoms with E-state index in [1.54, 1.807) is 6.92 Å². The van der Waals surface area contributed by atoms with E-state index in [4.69, 9.17) is 4.74 Å². The Kier molecular flexibility index (Phi) is 7.20. The number of nitrogens with one attached hydrogen (secondary N) is 2. The van der Waals surface area contributed by atoms with Gasteiger partial charge in [0.15, 0.2) is 4.34 Å². The maximum absolute atomic E-state index is 12.0. The molecule has 0 atom stereocenters. The van der Waals surface area contributed by atoms with Crippen molar-refractivity contribution >= 4 is 45.9 Å². The van der Waals surface area contributed by atoms with Gasteiger partial charge in [-0.1, -0.05) is 49.1 Å². The largest absolute Gasteiger partial charge is 0.450 e. The Labute approximate surface area is 154 Å². The molecule has 0 aliphatic carbocycles. The van der Waals surface area contributed by atoms with Crippen molar-refractivity contribution in [3.8, 4) is 0 Å². The van der Waals surface area contributed by atoms with E-state index in [2.05, 4.69) is 34.7 Å². The van der Waals surface area contributed by atoms with Gasteiger partial charge in [0.25, 0.3) is 0 Å². The molecule has 0 aliphatic heterocycles. The molecule has 0 radical (unpaired) electrons. The Hall–Kier alpha value is -2.13. The van der Waals surface area contributed by atoms with E-state index in [-0.39, 0.29) is 18.3 Å². The molecule has 0 aliphatic rings. The van der Waals surface area contributed by atoms with Gasteiger partial charge in [0.1, 0.15) is 0 Å². The van der Waals surface area contributed by atoms with Crippen LogP contribution >= 0.6 is 23.1 Å². The average molecular weight is 380 g/mol. The number of hydrogen-bond donors (Lipinski definition) is 2. The van der Waals surface area contributed by atoms with Crippen LogP contribution in [0.5, 0.6) is 0 Å². The smallest absolute Gasteiger partial charge is 0.413 e. The van der Waals surface area contributed by atoms with Crippen molar-refractivity contribution in [2.75, 3.05) is 23.0 Å². The third-order valence-electron chi connectivity index (χ3n) is 3.08. The van der Waals surface area contributed by atoms with Crippen LogP contribution in [0.25, 0.3) is 0 Å². The number of carbonyl (C=O) groups is 2. The van der Waals surface area contributed by atoms with Gasteiger partial charge in [-0.05, 0) is 30.5 Å². The summed E-state index contributed by atoms with van der Waals surface area (Å²) in [6, 6.07) is 7.80. The number of carbonyl (C=O) groups excluding carboxylic acids is 2. The lowest BCUT2D eigenvalue weighted by Crippen LogP contribution is -2.13. The zero-order chi connectivity index (χ0) is 18.2. The summed E-state index contributed by atoms with van der Waals surface area (Å²) in [6.45, 7) is 6.25. The molecule has 1 aromatic carbocycles. The summed E-state index contributed by atoms with van der Waals surface area (Å²) in [5.74, 6) is 0.535. The van der Waals surface area contributed by atoms with E-state index in [1.165, 1.54) is 28.7 Å². The molecule has 0 saturated heterocycles. The highest BCUT2D eigenvalue weighted by Crippen LogP contribution is 2.25. The Bertz CT molecular complexity index is 716. The SMILES string of the molecule is CCOC(=O)Nc1nnc(SCC(=O)Nc2ccc(C(C)C)cc2)s1. The quantitative estimate of drug-likeness (QED) is 0.558. The number of anilines is 2. The summed E-state index contributed by atoms with van der Waals surface area (Å²) in [7, 11) is 0. The number of hydrogen-bond acceptors (Lipinski definition) is 7. The molecule has 1 heterocycles. The highest BCUT2D eigenvalue weighted by molar-refractivity contribution is 8.01. The maximum atomic E-state index is 12.0. The first-order valence-electron chi connectivity index (χ1n) is 7.77. The van der Waals surface area contributed by atoms with Crippen LogP contribution in [0, 0.1) is 0 Å². The van der Waals surface area contributed by atoms with Gasteiger partial charge in [-0.2, -0.15) is 0 Å². The third-order valence-corrected chi connectivity index (χ3v) is 5.05. The third kappa shape index (κ3) is 6.35. The van der Waals surface area contributed by atoms with E-state index in [1.807, 2.05) is 24.3 Å². The van der Waals surface area contributed by atoms with Crippen molar-refractivity contribution in [3.63, 3.8) is 0 Å². The molecule has 25 heavy (non-hydrogen) atoms. The molecule has 7 nitrogen and oxygen atoms in total. The molecule has 0 saturated carbocycles. The fourth-order valence-electron chi connectivity index (χ4n) is 1.85. The molecule has 0 unspecified atom stereocenters. The lowest BCUT2D eigenvalue weighted by molar-refractivity contribution is -0.113. The summed E-state index contributed by atoms with van der Waals surface area (Å²) < 4.78 is 5.36. The summed E-state index contributed by atoms with van der Waals surface area (Å²) >= 11 is 2.45. The van der Waals surface area contributed by atoms with Gasteiger partial charge < -0.3 is 10.1 Å². The van der Waals surface area contributed by atoms with Crippen molar-refractivity contribution in [2.45, 2.75) is 31.0 Å². The van der Waals surface area contributed by atoms with E-state index >= 15 is 0 Å². The summed E-state index contributed by atoms with van der Waals surface area (Å²) in [5, 5.41) is 13.4. The Morgan fingerprint density at radius 1 is 1.20 bits per heavy atom. The standard InChI is InChI=1S/C16H20N4O3S2/c1-4-23-15(22)18-14-19-20-16(25-14)24-9-13(21)17-12-7-5-11(6-8-12)10(2)3/h5-8,10H,4,9H2,1-3H3,(H,17,21)(H,18,19,22). The average Bonchev–Trinajstić information content (AvgIpc) is 3.01. The first kappa shape index (κ1) is 19.2. The van der Waals surface area contributed by atoms with Gasteiger partial charge in [0.2, 0.25) is 11.0 Å². The van der Waals surface area contributed by atoms with Gasteiger partial charge >= 0.3 is 6.09 Å². The lowest BCUT2D eigenvalue weighted by Gasteiger charge is -2.08. The van der Waals surface area contributed by atoms with Gasteiger partial charge in [-0.3, -0.25) is 10.1 Å². The molecule has 2 aromatic rings. The molecule has 1 aromatic heterocycles. The predicted molar refractivity (Wildman–Crippen MR) is 100 cm³/mol. The van der Waals surface area contributed by atoms with Gasteiger partial charge in [-0.15, -0.1) is 10.2 Å². The highest BCUT2D eigenvalue weighted by atomic mass is 32.2. The molecular weight excluding hydrogens is 360 g/mol. The minimum Gasteiger partial charge on any atom is -0.450 e. The van der Waals surface area contributed by atoms with Gasteiger partial charge in [-0.25, -0.2) is 4.79 Å². The van der Waals surface area contributed by atoms with Crippen LogP contribution in [0.4, 0.5) is 15.6 Å². The molecule has 2 rings (SSSR count). The van der Waals surface area contributed by atoms with Crippen LogP contribution in [0.15, 0.2) is 28.6 Å². The van der Waals surface area contributed by atoms with Gasteiger partial charge in [0, 0.05) is 5.69 Å². The number of nitrogens with zero attached hydrogens (tertiary/aromatic N) is 2. The zero-order valence-electron chi connectivity index (χ0n) is 14.2. The first-order valence-corrected chi connectivity index (χ1v) is 9.58. The number of ether oxygens (including phenoxy) is 1. The van der Waals surface area contributed by atoms with Crippen molar-refractivity contribution in [1.82, 2.24) is 10.2 Å². The Morgan fingerprint density at radius 3 is 2.56 bits per heavy atom. The van der Waals surface area contributed by atoms with Crippen LogP contribution in [-0.2, 0) is 9.53 Å². The molecule has 0 bridgehead atoms. The molecule has 0 fully saturated rings. The van der Waals surface area contributed by atoms with Crippen molar-refractivity contribution in [1.29, 1.82) is 0 Å². The van der Waals surface area contributed by atoms with Crippen LogP contribution in [0.3, 0.4) is 0 Å². The number of rotatable bonds is 7. The molecule has 2 N–H and O–H groups in total. The first-order chi connectivity index (χ1) is 12.0. The lowest BCUT2D eigenvalue weighted by atomic mass is 10.0. The Morgan fingerprint density at radius 2 is 1.92 bits per heavy atom. The van der Waals surface area contributed by atoms with E-state index in [0.717, 1.165) is 5.69 Å². The second kappa shape index (κ2) is 9.38. The molecular formula is C16H20N4O3S2. The van der Waals surface area contributed by atoms with Crippen molar-refractivity contribution in [2.24, 2.45) is 0 Å². The molecule has 9 heteroatoms. The van der Waals surface area contributed by atoms with E-state index < -0.39 is 6.09 Å². The Balaban J connectivity index is 1.80.